The van der Waals surface area contributed by atoms with E-state index in [1.54, 1.807) is 13.3 Å². The second-order valence-electron chi connectivity index (χ2n) is 3.11. The molecule has 1 heterocycles. The Labute approximate surface area is 77.1 Å². The van der Waals surface area contributed by atoms with E-state index in [1.807, 2.05) is 13.8 Å². The Morgan fingerprint density at radius 1 is 1.67 bits per heavy atom. The largest absolute Gasteiger partial charge is 0.371 e. The van der Waals surface area contributed by atoms with Crippen LogP contribution in [-0.4, -0.2) is 17.1 Å². The van der Waals surface area contributed by atoms with E-state index in [0.29, 0.717) is 5.88 Å². The maximum absolute atomic E-state index is 5.62. The van der Waals surface area contributed by atoms with Gasteiger partial charge in [0.05, 0.1) is 5.88 Å². The van der Waals surface area contributed by atoms with E-state index in [1.165, 1.54) is 0 Å². The fourth-order valence-electron chi connectivity index (χ4n) is 0.830. The first-order chi connectivity index (χ1) is 5.60. The normalized spacial score (nSPS) is 12.0. The number of nitrogens with zero attached hydrogens (tertiary/aromatic N) is 1. The lowest BCUT2D eigenvalue weighted by Gasteiger charge is -2.19. The number of hydrogen-bond acceptors (Lipinski definition) is 2. The van der Waals surface area contributed by atoms with Crippen LogP contribution in [0, 0.1) is 0 Å². The summed E-state index contributed by atoms with van der Waals surface area (Å²) in [6.45, 7) is 3.90. The summed E-state index contributed by atoms with van der Waals surface area (Å²) in [6, 6.07) is 0. The third kappa shape index (κ3) is 1.79. The molecule has 1 aromatic heterocycles. The smallest absolute Gasteiger partial charge is 0.138 e. The van der Waals surface area contributed by atoms with Crippen molar-refractivity contribution in [1.82, 2.24) is 9.97 Å². The van der Waals surface area contributed by atoms with Crippen LogP contribution in [0.1, 0.15) is 25.4 Å². The van der Waals surface area contributed by atoms with Crippen molar-refractivity contribution < 1.29 is 4.74 Å². The predicted octanol–water partition coefficient (Wildman–Crippen LogP) is 2.03. The van der Waals surface area contributed by atoms with Gasteiger partial charge >= 0.3 is 0 Å². The van der Waals surface area contributed by atoms with Crippen molar-refractivity contribution in [1.29, 1.82) is 0 Å². The SMILES string of the molecule is COC(C)(C)c1ncc(CCl)[nH]1. The number of alkyl halides is 1. The molecule has 0 aliphatic rings. The van der Waals surface area contributed by atoms with Gasteiger partial charge in [0.2, 0.25) is 0 Å². The summed E-state index contributed by atoms with van der Waals surface area (Å²) in [5.41, 5.74) is 0.543. The highest BCUT2D eigenvalue weighted by Crippen LogP contribution is 2.20. The van der Waals surface area contributed by atoms with Crippen LogP contribution >= 0.6 is 11.6 Å². The molecule has 0 saturated carbocycles. The highest BCUT2D eigenvalue weighted by atomic mass is 35.5. The van der Waals surface area contributed by atoms with E-state index in [-0.39, 0.29) is 5.60 Å². The number of halogens is 1. The topological polar surface area (TPSA) is 37.9 Å². The number of aromatic amines is 1. The van der Waals surface area contributed by atoms with Crippen LogP contribution < -0.4 is 0 Å². The maximum atomic E-state index is 5.62. The molecule has 0 saturated heterocycles. The molecule has 0 fully saturated rings. The van der Waals surface area contributed by atoms with Crippen molar-refractivity contribution in [2.45, 2.75) is 25.3 Å². The molecule has 1 aromatic rings. The van der Waals surface area contributed by atoms with E-state index in [9.17, 15) is 0 Å². The molecule has 1 N–H and O–H groups in total. The van der Waals surface area contributed by atoms with Gasteiger partial charge < -0.3 is 9.72 Å². The lowest BCUT2D eigenvalue weighted by Crippen LogP contribution is -2.21. The second-order valence-corrected chi connectivity index (χ2v) is 3.37. The molecule has 0 bridgehead atoms. The number of methoxy groups -OCH3 is 1. The van der Waals surface area contributed by atoms with Crippen LogP contribution in [0.25, 0.3) is 0 Å². The molecule has 1 rings (SSSR count). The highest BCUT2D eigenvalue weighted by Gasteiger charge is 2.22. The van der Waals surface area contributed by atoms with Gasteiger partial charge in [-0.05, 0) is 13.8 Å². The number of ether oxygens (including phenoxy) is 1. The van der Waals surface area contributed by atoms with E-state index in [2.05, 4.69) is 9.97 Å². The molecule has 0 aliphatic heterocycles. The van der Waals surface area contributed by atoms with Crippen LogP contribution in [0.3, 0.4) is 0 Å². The molecule has 0 spiro atoms. The van der Waals surface area contributed by atoms with Gasteiger partial charge in [-0.15, -0.1) is 11.6 Å². The van der Waals surface area contributed by atoms with E-state index < -0.39 is 0 Å². The Kier molecular flexibility index (Phi) is 2.75. The van der Waals surface area contributed by atoms with Gasteiger partial charge in [-0.1, -0.05) is 0 Å². The first kappa shape index (κ1) is 9.55. The summed E-state index contributed by atoms with van der Waals surface area (Å²) in [5.74, 6) is 1.26. The second kappa shape index (κ2) is 3.46. The van der Waals surface area contributed by atoms with Gasteiger partial charge in [0.15, 0.2) is 0 Å². The van der Waals surface area contributed by atoms with Crippen molar-refractivity contribution in [3.05, 3.63) is 17.7 Å². The van der Waals surface area contributed by atoms with Crippen molar-refractivity contribution in [3.8, 4) is 0 Å². The Bertz CT molecular complexity index is 257. The van der Waals surface area contributed by atoms with E-state index >= 15 is 0 Å². The van der Waals surface area contributed by atoms with Gasteiger partial charge in [0.1, 0.15) is 11.4 Å². The number of hydrogen-bond donors (Lipinski definition) is 1. The fourth-order valence-corrected chi connectivity index (χ4v) is 0.965. The summed E-state index contributed by atoms with van der Waals surface area (Å²) in [7, 11) is 1.66. The van der Waals surface area contributed by atoms with Crippen LogP contribution in [0.15, 0.2) is 6.20 Å². The molecular weight excluding hydrogens is 176 g/mol. The highest BCUT2D eigenvalue weighted by molar-refractivity contribution is 6.16. The van der Waals surface area contributed by atoms with Crippen molar-refractivity contribution >= 4 is 11.6 Å². The summed E-state index contributed by atoms with van der Waals surface area (Å²) < 4.78 is 5.24. The average molecular weight is 189 g/mol. The van der Waals surface area contributed by atoms with Gasteiger partial charge in [0.25, 0.3) is 0 Å². The van der Waals surface area contributed by atoms with Crippen LogP contribution in [0.5, 0.6) is 0 Å². The summed E-state index contributed by atoms with van der Waals surface area (Å²) >= 11 is 5.62. The number of nitrogens with one attached hydrogen (secondary N) is 1. The summed E-state index contributed by atoms with van der Waals surface area (Å²) in [4.78, 5) is 7.25. The van der Waals surface area contributed by atoms with E-state index in [0.717, 1.165) is 11.5 Å². The minimum atomic E-state index is -0.371. The number of H-pyrrole nitrogens is 1. The maximum Gasteiger partial charge on any atom is 0.138 e. The van der Waals surface area contributed by atoms with E-state index in [4.69, 9.17) is 16.3 Å². The minimum Gasteiger partial charge on any atom is -0.371 e. The Hall–Kier alpha value is -0.540. The zero-order chi connectivity index (χ0) is 9.19. The summed E-state index contributed by atoms with van der Waals surface area (Å²) in [6.07, 6.45) is 1.73. The first-order valence-electron chi connectivity index (χ1n) is 3.75. The molecular formula is C8H13ClN2O. The summed E-state index contributed by atoms with van der Waals surface area (Å²) in [5, 5.41) is 0. The van der Waals surface area contributed by atoms with Crippen LogP contribution in [-0.2, 0) is 16.2 Å². The van der Waals surface area contributed by atoms with Gasteiger partial charge in [-0.3, -0.25) is 0 Å². The fraction of sp³-hybridized carbons (Fsp3) is 0.625. The molecule has 0 radical (unpaired) electrons. The number of imidazole rings is 1. The molecule has 0 unspecified atom stereocenters. The number of aromatic nitrogens is 2. The van der Waals surface area contributed by atoms with Gasteiger partial charge in [-0.25, -0.2) is 4.98 Å². The standard InChI is InChI=1S/C8H13ClN2O/c1-8(2,12-3)7-10-5-6(4-9)11-7/h5H,4H2,1-3H3,(H,10,11). The third-order valence-corrected chi connectivity index (χ3v) is 2.14. The lowest BCUT2D eigenvalue weighted by atomic mass is 10.1. The average Bonchev–Trinajstić information content (AvgIpc) is 2.52. The lowest BCUT2D eigenvalue weighted by molar-refractivity contribution is 0.0121. The van der Waals surface area contributed by atoms with Crippen molar-refractivity contribution in [2.75, 3.05) is 7.11 Å². The van der Waals surface area contributed by atoms with Gasteiger partial charge in [-0.2, -0.15) is 0 Å². The Morgan fingerprint density at radius 2 is 2.33 bits per heavy atom. The molecule has 0 aliphatic carbocycles. The molecule has 0 aromatic carbocycles. The zero-order valence-electron chi connectivity index (χ0n) is 7.52. The molecule has 4 heteroatoms. The first-order valence-corrected chi connectivity index (χ1v) is 4.29. The molecule has 0 amide bonds. The molecule has 0 atom stereocenters. The molecule has 3 nitrogen and oxygen atoms in total. The third-order valence-electron chi connectivity index (χ3n) is 1.85. The van der Waals surface area contributed by atoms with Crippen molar-refractivity contribution in [3.63, 3.8) is 0 Å². The monoisotopic (exact) mass is 188 g/mol. The minimum absolute atomic E-state index is 0.371. The molecule has 12 heavy (non-hydrogen) atoms. The van der Waals surface area contributed by atoms with Gasteiger partial charge in [0, 0.05) is 19.0 Å². The van der Waals surface area contributed by atoms with Crippen LogP contribution in [0.4, 0.5) is 0 Å². The zero-order valence-corrected chi connectivity index (χ0v) is 8.27. The van der Waals surface area contributed by atoms with Crippen LogP contribution in [0.2, 0.25) is 0 Å². The Balaban J connectivity index is 2.88. The predicted molar refractivity (Wildman–Crippen MR) is 48.2 cm³/mol. The molecule has 68 valence electrons. The number of rotatable bonds is 3. The Morgan fingerprint density at radius 3 is 2.75 bits per heavy atom. The quantitative estimate of drug-likeness (QED) is 0.738. The van der Waals surface area contributed by atoms with Crippen molar-refractivity contribution in [2.24, 2.45) is 0 Å².